The highest BCUT2D eigenvalue weighted by atomic mass is 19.1. The van der Waals surface area contributed by atoms with Crippen molar-refractivity contribution in [3.05, 3.63) is 77.4 Å². The van der Waals surface area contributed by atoms with E-state index in [1.165, 1.54) is 24.4 Å². The zero-order valence-electron chi connectivity index (χ0n) is 16.0. The maximum atomic E-state index is 14.7. The van der Waals surface area contributed by atoms with Gasteiger partial charge >= 0.3 is 0 Å². The Kier molecular flexibility index (Phi) is 6.67. The van der Waals surface area contributed by atoms with Gasteiger partial charge in [0, 0.05) is 18.4 Å². The molecule has 0 aliphatic rings. The molecule has 0 radical (unpaired) electrons. The third kappa shape index (κ3) is 4.77. The molecule has 0 bridgehead atoms. The SMILES string of the molecule is N#CCCc1cnc(N)c(-c2ccc(C(=O)NC(CO)c3ccccc3)c(F)c2)n1. The highest BCUT2D eigenvalue weighted by molar-refractivity contribution is 5.95. The van der Waals surface area contributed by atoms with Crippen LogP contribution in [0.5, 0.6) is 0 Å². The fourth-order valence-electron chi connectivity index (χ4n) is 2.95. The molecule has 1 unspecified atom stereocenters. The topological polar surface area (TPSA) is 125 Å². The number of carbonyl (C=O) groups is 1. The minimum atomic E-state index is -0.752. The maximum absolute atomic E-state index is 14.7. The molecule has 8 heteroatoms. The van der Waals surface area contributed by atoms with Crippen molar-refractivity contribution >= 4 is 11.7 Å². The number of aliphatic hydroxyl groups is 1. The first-order valence-corrected chi connectivity index (χ1v) is 9.28. The van der Waals surface area contributed by atoms with E-state index < -0.39 is 17.8 Å². The zero-order chi connectivity index (χ0) is 21.5. The highest BCUT2D eigenvalue weighted by Crippen LogP contribution is 2.25. The molecular formula is C22H20FN5O2. The van der Waals surface area contributed by atoms with Gasteiger partial charge in [-0.1, -0.05) is 36.4 Å². The Hall–Kier alpha value is -3.83. The monoisotopic (exact) mass is 405 g/mol. The highest BCUT2D eigenvalue weighted by Gasteiger charge is 2.19. The lowest BCUT2D eigenvalue weighted by atomic mass is 10.0. The molecule has 3 rings (SSSR count). The molecule has 0 fully saturated rings. The number of nitrogen functional groups attached to an aromatic ring is 1. The molecule has 4 N–H and O–H groups in total. The summed E-state index contributed by atoms with van der Waals surface area (Å²) in [5.74, 6) is -1.28. The standard InChI is InChI=1S/C22H20FN5O2/c23-18-11-15(20-21(25)26-12-16(27-20)7-4-10-24)8-9-17(18)22(30)28-19(13-29)14-5-2-1-3-6-14/h1-3,5-6,8-9,11-12,19,29H,4,7,13H2,(H2,25,26)(H,28,30). The lowest BCUT2D eigenvalue weighted by molar-refractivity contribution is 0.0912. The minimum Gasteiger partial charge on any atom is -0.394 e. The second-order valence-corrected chi connectivity index (χ2v) is 6.57. The smallest absolute Gasteiger partial charge is 0.254 e. The first kappa shape index (κ1) is 20.9. The van der Waals surface area contributed by atoms with Crippen LogP contribution in [0.3, 0.4) is 0 Å². The van der Waals surface area contributed by atoms with Gasteiger partial charge in [-0.25, -0.2) is 14.4 Å². The van der Waals surface area contributed by atoms with Gasteiger partial charge in [0.15, 0.2) is 0 Å². The number of anilines is 1. The number of nitrogens with one attached hydrogen (secondary N) is 1. The van der Waals surface area contributed by atoms with Crippen LogP contribution < -0.4 is 11.1 Å². The molecular weight excluding hydrogens is 385 g/mol. The third-order valence-electron chi connectivity index (χ3n) is 4.52. The van der Waals surface area contributed by atoms with Gasteiger partial charge < -0.3 is 16.2 Å². The van der Waals surface area contributed by atoms with Gasteiger partial charge in [0.05, 0.1) is 36.2 Å². The van der Waals surface area contributed by atoms with Gasteiger partial charge in [-0.15, -0.1) is 0 Å². The van der Waals surface area contributed by atoms with Crippen LogP contribution in [-0.2, 0) is 6.42 Å². The van der Waals surface area contributed by atoms with Crippen LogP contribution in [0.2, 0.25) is 0 Å². The van der Waals surface area contributed by atoms with Gasteiger partial charge in [-0.2, -0.15) is 5.26 Å². The summed E-state index contributed by atoms with van der Waals surface area (Å²) in [7, 11) is 0. The van der Waals surface area contributed by atoms with Crippen LogP contribution >= 0.6 is 0 Å². The first-order chi connectivity index (χ1) is 14.5. The number of carbonyl (C=O) groups excluding carboxylic acids is 1. The number of benzene rings is 2. The Bertz CT molecular complexity index is 1080. The third-order valence-corrected chi connectivity index (χ3v) is 4.52. The van der Waals surface area contributed by atoms with Gasteiger partial charge in [0.25, 0.3) is 5.91 Å². The molecule has 0 saturated carbocycles. The minimum absolute atomic E-state index is 0.122. The molecule has 3 aromatic rings. The van der Waals surface area contributed by atoms with E-state index in [0.29, 0.717) is 23.2 Å². The van der Waals surface area contributed by atoms with Crippen LogP contribution in [0.1, 0.15) is 34.1 Å². The van der Waals surface area contributed by atoms with Crippen molar-refractivity contribution in [3.63, 3.8) is 0 Å². The number of nitriles is 1. The number of hydrogen-bond donors (Lipinski definition) is 3. The van der Waals surface area contributed by atoms with Crippen molar-refractivity contribution in [2.75, 3.05) is 12.3 Å². The van der Waals surface area contributed by atoms with E-state index in [9.17, 15) is 14.3 Å². The largest absolute Gasteiger partial charge is 0.394 e. The van der Waals surface area contributed by atoms with E-state index >= 15 is 0 Å². The average Bonchev–Trinajstić information content (AvgIpc) is 2.77. The van der Waals surface area contributed by atoms with E-state index in [0.717, 1.165) is 0 Å². The fraction of sp³-hybridized carbons (Fsp3) is 0.182. The molecule has 1 aromatic heterocycles. The predicted octanol–water partition coefficient (Wildman–Crippen LogP) is 2.78. The van der Waals surface area contributed by atoms with Gasteiger partial charge in [-0.05, 0) is 17.7 Å². The molecule has 2 aromatic carbocycles. The summed E-state index contributed by atoms with van der Waals surface area (Å²) >= 11 is 0. The summed E-state index contributed by atoms with van der Waals surface area (Å²) in [6.45, 7) is -0.322. The second-order valence-electron chi connectivity index (χ2n) is 6.57. The van der Waals surface area contributed by atoms with Crippen molar-refractivity contribution in [1.29, 1.82) is 5.26 Å². The van der Waals surface area contributed by atoms with Crippen LogP contribution in [0.25, 0.3) is 11.3 Å². The number of nitrogens with two attached hydrogens (primary N) is 1. The average molecular weight is 405 g/mol. The van der Waals surface area contributed by atoms with Crippen molar-refractivity contribution in [2.24, 2.45) is 0 Å². The predicted molar refractivity (Wildman–Crippen MR) is 110 cm³/mol. The number of aliphatic hydroxyl groups excluding tert-OH is 1. The molecule has 7 nitrogen and oxygen atoms in total. The maximum Gasteiger partial charge on any atom is 0.254 e. The molecule has 0 saturated heterocycles. The zero-order valence-corrected chi connectivity index (χ0v) is 16.0. The summed E-state index contributed by atoms with van der Waals surface area (Å²) in [5.41, 5.74) is 7.64. The summed E-state index contributed by atoms with van der Waals surface area (Å²) in [6.07, 6.45) is 2.16. The molecule has 0 aliphatic carbocycles. The number of aromatic nitrogens is 2. The van der Waals surface area contributed by atoms with Crippen molar-refractivity contribution in [3.8, 4) is 17.3 Å². The van der Waals surface area contributed by atoms with Crippen LogP contribution in [-0.4, -0.2) is 27.6 Å². The Balaban J connectivity index is 1.83. The molecule has 0 aliphatic heterocycles. The van der Waals surface area contributed by atoms with Crippen molar-refractivity contribution in [2.45, 2.75) is 18.9 Å². The van der Waals surface area contributed by atoms with Gasteiger partial charge in [0.1, 0.15) is 17.3 Å². The van der Waals surface area contributed by atoms with E-state index in [2.05, 4.69) is 15.3 Å². The summed E-state index contributed by atoms with van der Waals surface area (Å²) in [5, 5.41) is 20.9. The lowest BCUT2D eigenvalue weighted by Crippen LogP contribution is -2.31. The number of rotatable bonds is 7. The second kappa shape index (κ2) is 9.58. The molecule has 1 atom stereocenters. The summed E-state index contributed by atoms with van der Waals surface area (Å²) < 4.78 is 14.7. The number of amides is 1. The number of nitrogens with zero attached hydrogens (tertiary/aromatic N) is 3. The number of aryl methyl sites for hydroxylation is 1. The number of hydrogen-bond acceptors (Lipinski definition) is 6. The number of halogens is 1. The molecule has 152 valence electrons. The first-order valence-electron chi connectivity index (χ1n) is 9.28. The van der Waals surface area contributed by atoms with Gasteiger partial charge in [-0.3, -0.25) is 4.79 Å². The van der Waals surface area contributed by atoms with Gasteiger partial charge in [0.2, 0.25) is 0 Å². The molecule has 30 heavy (non-hydrogen) atoms. The van der Waals surface area contributed by atoms with Crippen LogP contribution in [0.4, 0.5) is 10.2 Å². The van der Waals surface area contributed by atoms with E-state index in [1.54, 1.807) is 24.3 Å². The van der Waals surface area contributed by atoms with E-state index in [4.69, 9.17) is 11.0 Å². The lowest BCUT2D eigenvalue weighted by Gasteiger charge is -2.17. The van der Waals surface area contributed by atoms with Crippen LogP contribution in [0, 0.1) is 17.1 Å². The Morgan fingerprint density at radius 1 is 1.27 bits per heavy atom. The molecule has 1 amide bonds. The van der Waals surface area contributed by atoms with Crippen molar-refractivity contribution < 1.29 is 14.3 Å². The van der Waals surface area contributed by atoms with Crippen molar-refractivity contribution in [1.82, 2.24) is 15.3 Å². The quantitative estimate of drug-likeness (QED) is 0.555. The Labute approximate surface area is 173 Å². The van der Waals surface area contributed by atoms with E-state index in [1.807, 2.05) is 12.1 Å². The summed E-state index contributed by atoms with van der Waals surface area (Å²) in [4.78, 5) is 21.0. The fourth-order valence-corrected chi connectivity index (χ4v) is 2.95. The molecule has 0 spiro atoms. The Morgan fingerprint density at radius 3 is 2.70 bits per heavy atom. The summed E-state index contributed by atoms with van der Waals surface area (Å²) in [6, 6.07) is 14.3. The molecule has 1 heterocycles. The Morgan fingerprint density at radius 2 is 2.03 bits per heavy atom. The van der Waals surface area contributed by atoms with E-state index in [-0.39, 0.29) is 30.1 Å². The van der Waals surface area contributed by atoms with Crippen LogP contribution in [0.15, 0.2) is 54.7 Å². The normalized spacial score (nSPS) is 11.5.